The smallest absolute Gasteiger partial charge is 0.327 e. The van der Waals surface area contributed by atoms with E-state index >= 15 is 0 Å². The molecule has 1 aromatic rings. The van der Waals surface area contributed by atoms with Crippen LogP contribution in [0.15, 0.2) is 24.3 Å². The number of rotatable bonds is 2. The van der Waals surface area contributed by atoms with E-state index in [0.29, 0.717) is 18.4 Å². The summed E-state index contributed by atoms with van der Waals surface area (Å²) in [7, 11) is 0. The molecular formula is C15H20ClF3N2. The minimum absolute atomic E-state index is 0. The third kappa shape index (κ3) is 3.52. The Hall–Kier alpha value is -0.780. The van der Waals surface area contributed by atoms with Crippen molar-refractivity contribution in [1.29, 1.82) is 0 Å². The highest BCUT2D eigenvalue weighted by molar-refractivity contribution is 5.85. The van der Waals surface area contributed by atoms with E-state index in [0.717, 1.165) is 37.6 Å². The number of nitrogens with two attached hydrogens (primary N) is 1. The SMILES string of the molecule is Cl.NC1CCC2CN(Cc3cccc(C(F)(F)F)c3)CC12. The number of fused-ring (bicyclic) bond motifs is 1. The number of hydrogen-bond acceptors (Lipinski definition) is 2. The fraction of sp³-hybridized carbons (Fsp3) is 0.600. The third-order valence-electron chi connectivity index (χ3n) is 4.65. The van der Waals surface area contributed by atoms with E-state index in [1.807, 2.05) is 0 Å². The fourth-order valence-electron chi connectivity index (χ4n) is 3.63. The van der Waals surface area contributed by atoms with Gasteiger partial charge in [0.2, 0.25) is 0 Å². The van der Waals surface area contributed by atoms with Crippen molar-refractivity contribution >= 4 is 12.4 Å². The average molecular weight is 321 g/mol. The molecule has 2 nitrogen and oxygen atoms in total. The second-order valence-corrected chi connectivity index (χ2v) is 6.06. The van der Waals surface area contributed by atoms with Crippen LogP contribution in [0, 0.1) is 11.8 Å². The lowest BCUT2D eigenvalue weighted by Crippen LogP contribution is -2.30. The summed E-state index contributed by atoms with van der Waals surface area (Å²) in [4.78, 5) is 2.24. The van der Waals surface area contributed by atoms with Crippen LogP contribution in [0.2, 0.25) is 0 Å². The normalized spacial score (nSPS) is 29.2. The van der Waals surface area contributed by atoms with Crippen LogP contribution in [-0.2, 0) is 12.7 Å². The predicted octanol–water partition coefficient (Wildman–Crippen LogP) is 3.30. The molecular weight excluding hydrogens is 301 g/mol. The molecule has 6 heteroatoms. The van der Waals surface area contributed by atoms with Gasteiger partial charge in [0.05, 0.1) is 5.56 Å². The highest BCUT2D eigenvalue weighted by atomic mass is 35.5. The molecule has 1 aliphatic carbocycles. The van der Waals surface area contributed by atoms with Crippen molar-refractivity contribution in [2.45, 2.75) is 31.6 Å². The molecule has 2 fully saturated rings. The summed E-state index contributed by atoms with van der Waals surface area (Å²) in [6.07, 6.45) is -2.02. The quantitative estimate of drug-likeness (QED) is 0.906. The van der Waals surface area contributed by atoms with E-state index < -0.39 is 11.7 Å². The van der Waals surface area contributed by atoms with Crippen LogP contribution >= 0.6 is 12.4 Å². The first-order chi connectivity index (χ1) is 9.43. The molecule has 21 heavy (non-hydrogen) atoms. The van der Waals surface area contributed by atoms with E-state index in [2.05, 4.69) is 4.90 Å². The number of nitrogens with zero attached hydrogens (tertiary/aromatic N) is 1. The van der Waals surface area contributed by atoms with E-state index in [4.69, 9.17) is 5.73 Å². The van der Waals surface area contributed by atoms with Gasteiger partial charge in [0.25, 0.3) is 0 Å². The molecule has 1 heterocycles. The van der Waals surface area contributed by atoms with Gasteiger partial charge in [0, 0.05) is 25.7 Å². The van der Waals surface area contributed by atoms with E-state index in [-0.39, 0.29) is 18.4 Å². The van der Waals surface area contributed by atoms with Gasteiger partial charge in [-0.05, 0) is 36.3 Å². The molecule has 3 rings (SSSR count). The Kier molecular flexibility index (Phi) is 4.85. The Labute approximate surface area is 128 Å². The first-order valence-corrected chi connectivity index (χ1v) is 7.07. The number of alkyl halides is 3. The zero-order valence-corrected chi connectivity index (χ0v) is 12.5. The lowest BCUT2D eigenvalue weighted by atomic mass is 9.98. The van der Waals surface area contributed by atoms with Gasteiger partial charge in [-0.2, -0.15) is 13.2 Å². The Morgan fingerprint density at radius 3 is 2.62 bits per heavy atom. The van der Waals surface area contributed by atoms with Crippen LogP contribution in [0.4, 0.5) is 13.2 Å². The molecule has 1 aromatic carbocycles. The lowest BCUT2D eigenvalue weighted by molar-refractivity contribution is -0.137. The molecule has 0 spiro atoms. The van der Waals surface area contributed by atoms with Crippen molar-refractivity contribution in [2.24, 2.45) is 17.6 Å². The second-order valence-electron chi connectivity index (χ2n) is 6.06. The molecule has 118 valence electrons. The van der Waals surface area contributed by atoms with E-state index in [1.54, 1.807) is 6.07 Å². The predicted molar refractivity (Wildman–Crippen MR) is 78.2 cm³/mol. The monoisotopic (exact) mass is 320 g/mol. The Bertz CT molecular complexity index is 492. The summed E-state index contributed by atoms with van der Waals surface area (Å²) in [5.41, 5.74) is 6.25. The Morgan fingerprint density at radius 1 is 1.19 bits per heavy atom. The number of likely N-dealkylation sites (tertiary alicyclic amines) is 1. The average Bonchev–Trinajstić information content (AvgIpc) is 2.91. The van der Waals surface area contributed by atoms with Crippen LogP contribution in [0.3, 0.4) is 0 Å². The fourth-order valence-corrected chi connectivity index (χ4v) is 3.63. The van der Waals surface area contributed by atoms with Gasteiger partial charge >= 0.3 is 6.18 Å². The van der Waals surface area contributed by atoms with Gasteiger partial charge in [-0.3, -0.25) is 4.90 Å². The van der Waals surface area contributed by atoms with E-state index in [1.165, 1.54) is 12.1 Å². The van der Waals surface area contributed by atoms with Crippen molar-refractivity contribution < 1.29 is 13.2 Å². The van der Waals surface area contributed by atoms with Crippen molar-refractivity contribution in [3.63, 3.8) is 0 Å². The van der Waals surface area contributed by atoms with Gasteiger partial charge < -0.3 is 5.73 Å². The van der Waals surface area contributed by atoms with Gasteiger partial charge in [-0.1, -0.05) is 18.2 Å². The zero-order valence-electron chi connectivity index (χ0n) is 11.6. The molecule has 3 atom stereocenters. The summed E-state index contributed by atoms with van der Waals surface area (Å²) in [5.74, 6) is 1.16. The number of benzene rings is 1. The molecule has 1 saturated heterocycles. The highest BCUT2D eigenvalue weighted by Gasteiger charge is 2.40. The topological polar surface area (TPSA) is 29.3 Å². The summed E-state index contributed by atoms with van der Waals surface area (Å²) in [5, 5.41) is 0. The number of halogens is 4. The standard InChI is InChI=1S/C15H19F3N2.ClH/c16-15(17,18)12-3-1-2-10(6-12)7-20-8-11-4-5-14(19)13(11)9-20;/h1-3,6,11,13-14H,4-5,7-9,19H2;1H. The van der Waals surface area contributed by atoms with Crippen LogP contribution in [-0.4, -0.2) is 24.0 Å². The first-order valence-electron chi connectivity index (χ1n) is 7.07. The van der Waals surface area contributed by atoms with E-state index in [9.17, 15) is 13.2 Å². The zero-order chi connectivity index (χ0) is 14.3. The maximum absolute atomic E-state index is 12.7. The minimum atomic E-state index is -4.26. The molecule has 0 amide bonds. The molecule has 1 aliphatic heterocycles. The summed E-state index contributed by atoms with van der Waals surface area (Å²) in [6.45, 7) is 2.47. The lowest BCUT2D eigenvalue weighted by Gasteiger charge is -2.19. The van der Waals surface area contributed by atoms with Crippen LogP contribution in [0.5, 0.6) is 0 Å². The first kappa shape index (κ1) is 16.6. The van der Waals surface area contributed by atoms with Crippen LogP contribution < -0.4 is 5.73 Å². The van der Waals surface area contributed by atoms with Crippen molar-refractivity contribution in [3.8, 4) is 0 Å². The Morgan fingerprint density at radius 2 is 1.95 bits per heavy atom. The van der Waals surface area contributed by atoms with Crippen LogP contribution in [0.25, 0.3) is 0 Å². The number of hydrogen-bond donors (Lipinski definition) is 1. The molecule has 2 aliphatic rings. The maximum atomic E-state index is 12.7. The summed E-state index contributed by atoms with van der Waals surface area (Å²) < 4.78 is 38.1. The molecule has 0 radical (unpaired) electrons. The minimum Gasteiger partial charge on any atom is -0.327 e. The van der Waals surface area contributed by atoms with Crippen molar-refractivity contribution in [3.05, 3.63) is 35.4 Å². The third-order valence-corrected chi connectivity index (χ3v) is 4.65. The van der Waals surface area contributed by atoms with Gasteiger partial charge in [-0.25, -0.2) is 0 Å². The highest BCUT2D eigenvalue weighted by Crippen LogP contribution is 2.38. The van der Waals surface area contributed by atoms with Gasteiger partial charge in [0.1, 0.15) is 0 Å². The Balaban J connectivity index is 0.00000161. The van der Waals surface area contributed by atoms with Crippen molar-refractivity contribution in [1.82, 2.24) is 4.90 Å². The van der Waals surface area contributed by atoms with Gasteiger partial charge in [0.15, 0.2) is 0 Å². The summed E-state index contributed by atoms with van der Waals surface area (Å²) in [6, 6.07) is 5.91. The van der Waals surface area contributed by atoms with Crippen LogP contribution in [0.1, 0.15) is 24.0 Å². The molecule has 2 N–H and O–H groups in total. The largest absolute Gasteiger partial charge is 0.416 e. The maximum Gasteiger partial charge on any atom is 0.416 e. The van der Waals surface area contributed by atoms with Gasteiger partial charge in [-0.15, -0.1) is 12.4 Å². The molecule has 3 unspecified atom stereocenters. The molecule has 0 bridgehead atoms. The second kappa shape index (κ2) is 6.15. The molecule has 0 aromatic heterocycles. The van der Waals surface area contributed by atoms with Crippen molar-refractivity contribution in [2.75, 3.05) is 13.1 Å². The summed E-state index contributed by atoms with van der Waals surface area (Å²) >= 11 is 0. The molecule has 1 saturated carbocycles.